The van der Waals surface area contributed by atoms with Gasteiger partial charge in [0.1, 0.15) is 17.5 Å². The Bertz CT molecular complexity index is 606. The van der Waals surface area contributed by atoms with Crippen LogP contribution in [0.25, 0.3) is 0 Å². The number of nitriles is 1. The highest BCUT2D eigenvalue weighted by Gasteiger charge is 2.06. The Morgan fingerprint density at radius 1 is 1.32 bits per heavy atom. The maximum Gasteiger partial charge on any atom is 0.274 e. The molecule has 0 aliphatic heterocycles. The van der Waals surface area contributed by atoms with E-state index in [9.17, 15) is 4.79 Å². The molecule has 1 heterocycles. The minimum Gasteiger partial charge on any atom is -0.479 e. The van der Waals surface area contributed by atoms with Crippen molar-refractivity contribution in [1.82, 2.24) is 4.98 Å². The van der Waals surface area contributed by atoms with E-state index in [1.807, 2.05) is 6.07 Å². The molecule has 0 unspecified atom stereocenters. The summed E-state index contributed by atoms with van der Waals surface area (Å²) in [6.07, 6.45) is 1.56. The van der Waals surface area contributed by atoms with Crippen molar-refractivity contribution in [2.75, 3.05) is 11.9 Å². The van der Waals surface area contributed by atoms with Crippen LogP contribution in [0.15, 0.2) is 48.7 Å². The number of pyridine rings is 1. The monoisotopic (exact) mass is 253 g/mol. The first-order chi connectivity index (χ1) is 9.29. The van der Waals surface area contributed by atoms with Gasteiger partial charge in [0.25, 0.3) is 5.91 Å². The number of nitrogens with one attached hydrogen (secondary N) is 1. The van der Waals surface area contributed by atoms with Gasteiger partial charge in [-0.25, -0.2) is 0 Å². The fraction of sp³-hybridized carbons (Fsp3) is 0.0714. The summed E-state index contributed by atoms with van der Waals surface area (Å²) in [4.78, 5) is 15.8. The van der Waals surface area contributed by atoms with E-state index in [4.69, 9.17) is 10.00 Å². The van der Waals surface area contributed by atoms with Gasteiger partial charge in [-0.1, -0.05) is 12.1 Å². The Hall–Kier alpha value is -2.87. The smallest absolute Gasteiger partial charge is 0.274 e. The van der Waals surface area contributed by atoms with Crippen molar-refractivity contribution in [2.24, 2.45) is 0 Å². The van der Waals surface area contributed by atoms with Gasteiger partial charge < -0.3 is 10.1 Å². The molecule has 19 heavy (non-hydrogen) atoms. The van der Waals surface area contributed by atoms with Crippen molar-refractivity contribution >= 4 is 11.6 Å². The number of anilines is 1. The zero-order valence-electron chi connectivity index (χ0n) is 10.0. The van der Waals surface area contributed by atoms with Crippen LogP contribution in [0, 0.1) is 11.3 Å². The predicted molar refractivity (Wildman–Crippen MR) is 69.7 cm³/mol. The van der Waals surface area contributed by atoms with Crippen LogP contribution in [0.2, 0.25) is 0 Å². The van der Waals surface area contributed by atoms with E-state index >= 15 is 0 Å². The molecule has 0 spiro atoms. The number of nitrogens with zero attached hydrogens (tertiary/aromatic N) is 2. The number of ether oxygens (including phenoxy) is 1. The van der Waals surface area contributed by atoms with Crippen molar-refractivity contribution in [3.05, 3.63) is 54.4 Å². The number of aromatic nitrogens is 1. The minimum absolute atomic E-state index is 0.0301. The van der Waals surface area contributed by atoms with E-state index in [0.717, 1.165) is 0 Å². The van der Waals surface area contributed by atoms with Crippen LogP contribution in [0.3, 0.4) is 0 Å². The normalized spacial score (nSPS) is 9.42. The Morgan fingerprint density at radius 2 is 2.21 bits per heavy atom. The number of hydrogen-bond donors (Lipinski definition) is 1. The van der Waals surface area contributed by atoms with E-state index in [2.05, 4.69) is 10.3 Å². The third kappa shape index (κ3) is 3.54. The molecule has 5 nitrogen and oxygen atoms in total. The molecule has 0 fully saturated rings. The van der Waals surface area contributed by atoms with E-state index < -0.39 is 0 Å². The summed E-state index contributed by atoms with van der Waals surface area (Å²) in [5.41, 5.74) is 0.928. The highest BCUT2D eigenvalue weighted by atomic mass is 16.5. The molecule has 0 atom stereocenters. The van der Waals surface area contributed by atoms with Crippen molar-refractivity contribution in [3.63, 3.8) is 0 Å². The SMILES string of the molecule is N#CCOc1cccc(NC(=O)c2ccccn2)c1. The summed E-state index contributed by atoms with van der Waals surface area (Å²) >= 11 is 0. The molecule has 0 saturated heterocycles. The summed E-state index contributed by atoms with van der Waals surface area (Å²) in [5.74, 6) is 0.235. The first-order valence-corrected chi connectivity index (χ1v) is 5.62. The molecular formula is C14H11N3O2. The molecule has 5 heteroatoms. The Kier molecular flexibility index (Phi) is 4.09. The highest BCUT2D eigenvalue weighted by Crippen LogP contribution is 2.17. The lowest BCUT2D eigenvalue weighted by Gasteiger charge is -2.06. The lowest BCUT2D eigenvalue weighted by atomic mass is 10.2. The first kappa shape index (κ1) is 12.6. The third-order valence-corrected chi connectivity index (χ3v) is 2.29. The number of rotatable bonds is 4. The lowest BCUT2D eigenvalue weighted by molar-refractivity contribution is 0.102. The number of benzene rings is 1. The standard InChI is InChI=1S/C14H11N3O2/c15-7-9-19-12-5-3-4-11(10-12)17-14(18)13-6-1-2-8-16-13/h1-6,8,10H,9H2,(H,17,18). The molecule has 0 aliphatic rings. The van der Waals surface area contributed by atoms with Gasteiger partial charge in [-0.15, -0.1) is 0 Å². The maximum atomic E-state index is 11.9. The van der Waals surface area contributed by atoms with E-state index in [1.54, 1.807) is 48.7 Å². The van der Waals surface area contributed by atoms with Gasteiger partial charge in [0.2, 0.25) is 0 Å². The maximum absolute atomic E-state index is 11.9. The van der Waals surface area contributed by atoms with Crippen molar-refractivity contribution in [1.29, 1.82) is 5.26 Å². The molecule has 0 saturated carbocycles. The van der Waals surface area contributed by atoms with Gasteiger partial charge in [0.15, 0.2) is 6.61 Å². The van der Waals surface area contributed by atoms with Gasteiger partial charge in [0, 0.05) is 18.0 Å². The third-order valence-electron chi connectivity index (χ3n) is 2.29. The quantitative estimate of drug-likeness (QED) is 0.906. The predicted octanol–water partition coefficient (Wildman–Crippen LogP) is 2.24. The number of amides is 1. The van der Waals surface area contributed by atoms with Crippen LogP contribution in [-0.2, 0) is 0 Å². The second-order valence-corrected chi connectivity index (χ2v) is 3.64. The summed E-state index contributed by atoms with van der Waals surface area (Å²) in [5, 5.41) is 11.1. The zero-order chi connectivity index (χ0) is 13.5. The molecule has 1 amide bonds. The van der Waals surface area contributed by atoms with E-state index in [0.29, 0.717) is 17.1 Å². The van der Waals surface area contributed by atoms with Crippen LogP contribution in [0.5, 0.6) is 5.75 Å². The van der Waals surface area contributed by atoms with Gasteiger partial charge in [-0.2, -0.15) is 5.26 Å². The molecule has 0 bridgehead atoms. The van der Waals surface area contributed by atoms with Crippen LogP contribution >= 0.6 is 0 Å². The average Bonchev–Trinajstić information content (AvgIpc) is 2.46. The second kappa shape index (κ2) is 6.17. The summed E-state index contributed by atoms with van der Waals surface area (Å²) in [6, 6.07) is 13.8. The number of hydrogen-bond acceptors (Lipinski definition) is 4. The largest absolute Gasteiger partial charge is 0.479 e. The second-order valence-electron chi connectivity index (χ2n) is 3.64. The van der Waals surface area contributed by atoms with E-state index in [-0.39, 0.29) is 12.5 Å². The van der Waals surface area contributed by atoms with Gasteiger partial charge in [-0.05, 0) is 24.3 Å². The van der Waals surface area contributed by atoms with Crippen LogP contribution in [0.4, 0.5) is 5.69 Å². The Labute approximate surface area is 110 Å². The Balaban J connectivity index is 2.07. The summed E-state index contributed by atoms with van der Waals surface area (Å²) in [7, 11) is 0. The molecule has 1 aromatic heterocycles. The van der Waals surface area contributed by atoms with Crippen molar-refractivity contribution in [3.8, 4) is 11.8 Å². The Morgan fingerprint density at radius 3 is 2.95 bits per heavy atom. The highest BCUT2D eigenvalue weighted by molar-refractivity contribution is 6.02. The number of carbonyl (C=O) groups is 1. The molecule has 2 rings (SSSR count). The minimum atomic E-state index is -0.293. The van der Waals surface area contributed by atoms with Crippen LogP contribution < -0.4 is 10.1 Å². The van der Waals surface area contributed by atoms with Gasteiger partial charge >= 0.3 is 0 Å². The molecular weight excluding hydrogens is 242 g/mol. The van der Waals surface area contributed by atoms with Crippen molar-refractivity contribution in [2.45, 2.75) is 0 Å². The number of carbonyl (C=O) groups excluding carboxylic acids is 1. The lowest BCUT2D eigenvalue weighted by Crippen LogP contribution is -2.13. The molecule has 2 aromatic rings. The molecule has 1 aromatic carbocycles. The molecule has 94 valence electrons. The van der Waals surface area contributed by atoms with Crippen LogP contribution in [-0.4, -0.2) is 17.5 Å². The molecule has 1 N–H and O–H groups in total. The fourth-order valence-corrected chi connectivity index (χ4v) is 1.47. The van der Waals surface area contributed by atoms with Gasteiger partial charge in [0.05, 0.1) is 0 Å². The van der Waals surface area contributed by atoms with Gasteiger partial charge in [-0.3, -0.25) is 9.78 Å². The van der Waals surface area contributed by atoms with Crippen LogP contribution in [0.1, 0.15) is 10.5 Å². The zero-order valence-corrected chi connectivity index (χ0v) is 10.0. The topological polar surface area (TPSA) is 75.0 Å². The average molecular weight is 253 g/mol. The van der Waals surface area contributed by atoms with E-state index in [1.165, 1.54) is 0 Å². The fourth-order valence-electron chi connectivity index (χ4n) is 1.47. The summed E-state index contributed by atoms with van der Waals surface area (Å²) in [6.45, 7) is -0.0301. The molecule has 0 aliphatic carbocycles. The summed E-state index contributed by atoms with van der Waals surface area (Å²) < 4.78 is 5.16. The first-order valence-electron chi connectivity index (χ1n) is 5.62. The van der Waals surface area contributed by atoms with Crippen molar-refractivity contribution < 1.29 is 9.53 Å². The molecule has 0 radical (unpaired) electrons.